The summed E-state index contributed by atoms with van der Waals surface area (Å²) in [5, 5.41) is 0. The number of hydrogen-bond donors (Lipinski definition) is 0. The molecule has 0 bridgehead atoms. The van der Waals surface area contributed by atoms with Crippen molar-refractivity contribution in [2.45, 2.75) is 38.5 Å². The molecular weight excluding hydrogens is 200 g/mol. The number of carbonyl (C=O) groups is 2. The summed E-state index contributed by atoms with van der Waals surface area (Å²) in [6, 6.07) is 8.16. The summed E-state index contributed by atoms with van der Waals surface area (Å²) in [5.74, 6) is 0.502. The minimum Gasteiger partial charge on any atom is -0.303 e. The van der Waals surface area contributed by atoms with Crippen LogP contribution in [0.2, 0.25) is 0 Å². The second-order valence-electron chi connectivity index (χ2n) is 4.28. The summed E-state index contributed by atoms with van der Waals surface area (Å²) < 4.78 is 0. The maximum Gasteiger partial charge on any atom is 0.120 e. The van der Waals surface area contributed by atoms with Gasteiger partial charge in [-0.05, 0) is 23.0 Å². The number of carbonyl (C=O) groups excluding carboxylic acids is 2. The lowest BCUT2D eigenvalue weighted by molar-refractivity contribution is -0.108. The van der Waals surface area contributed by atoms with Crippen molar-refractivity contribution in [2.75, 3.05) is 0 Å². The van der Waals surface area contributed by atoms with E-state index in [-0.39, 0.29) is 11.8 Å². The van der Waals surface area contributed by atoms with Crippen molar-refractivity contribution in [3.8, 4) is 0 Å². The molecule has 1 aromatic carbocycles. The summed E-state index contributed by atoms with van der Waals surface area (Å²) in [7, 11) is 0. The molecule has 2 heteroatoms. The van der Waals surface area contributed by atoms with Gasteiger partial charge in [0.05, 0.1) is 0 Å². The first kappa shape index (κ1) is 12.6. The van der Waals surface area contributed by atoms with E-state index in [4.69, 9.17) is 0 Å². The highest BCUT2D eigenvalue weighted by Crippen LogP contribution is 2.24. The maximum absolute atomic E-state index is 10.5. The van der Waals surface area contributed by atoms with Crippen molar-refractivity contribution < 1.29 is 9.59 Å². The van der Waals surface area contributed by atoms with Gasteiger partial charge in [-0.15, -0.1) is 0 Å². The maximum atomic E-state index is 10.5. The first-order chi connectivity index (χ1) is 7.69. The van der Waals surface area contributed by atoms with Gasteiger partial charge >= 0.3 is 0 Å². The topological polar surface area (TPSA) is 34.1 Å². The molecule has 2 unspecified atom stereocenters. The Morgan fingerprint density at radius 1 is 1.00 bits per heavy atom. The number of aldehydes is 2. The molecule has 0 aliphatic heterocycles. The largest absolute Gasteiger partial charge is 0.303 e. The molecule has 0 aromatic heterocycles. The number of hydrogen-bond acceptors (Lipinski definition) is 2. The molecule has 2 nitrogen and oxygen atoms in total. The average Bonchev–Trinajstić information content (AvgIpc) is 2.30. The third-order valence-electron chi connectivity index (χ3n) is 2.95. The lowest BCUT2D eigenvalue weighted by atomic mass is 9.92. The summed E-state index contributed by atoms with van der Waals surface area (Å²) >= 11 is 0. The zero-order chi connectivity index (χ0) is 12.0. The van der Waals surface area contributed by atoms with Crippen molar-refractivity contribution in [1.29, 1.82) is 0 Å². The van der Waals surface area contributed by atoms with Gasteiger partial charge in [0.15, 0.2) is 0 Å². The monoisotopic (exact) mass is 218 g/mol. The first-order valence-corrected chi connectivity index (χ1v) is 5.66. The quantitative estimate of drug-likeness (QED) is 0.688. The molecule has 0 saturated heterocycles. The summed E-state index contributed by atoms with van der Waals surface area (Å²) in [6.45, 7) is 4.08. The Kier molecular flexibility index (Phi) is 4.90. The second kappa shape index (κ2) is 6.21. The SMILES string of the molecule is CC(CC=O)c1cccc(C(C)CC=O)c1. The van der Waals surface area contributed by atoms with E-state index in [0.29, 0.717) is 12.8 Å². The fourth-order valence-electron chi connectivity index (χ4n) is 1.73. The van der Waals surface area contributed by atoms with Crippen molar-refractivity contribution in [3.05, 3.63) is 35.4 Å². The lowest BCUT2D eigenvalue weighted by Gasteiger charge is -2.13. The van der Waals surface area contributed by atoms with E-state index in [1.165, 1.54) is 11.1 Å². The fraction of sp³-hybridized carbons (Fsp3) is 0.429. The number of benzene rings is 1. The Labute approximate surface area is 96.7 Å². The average molecular weight is 218 g/mol. The molecule has 1 rings (SSSR count). The van der Waals surface area contributed by atoms with Gasteiger partial charge in [0, 0.05) is 12.8 Å². The smallest absolute Gasteiger partial charge is 0.120 e. The Bertz CT molecular complexity index is 326. The molecule has 0 N–H and O–H groups in total. The predicted molar refractivity (Wildman–Crippen MR) is 64.6 cm³/mol. The van der Waals surface area contributed by atoms with Crippen molar-refractivity contribution in [3.63, 3.8) is 0 Å². The van der Waals surface area contributed by atoms with Crippen LogP contribution in [0.3, 0.4) is 0 Å². The molecule has 0 radical (unpaired) electrons. The molecule has 0 fully saturated rings. The minimum absolute atomic E-state index is 0.251. The van der Waals surface area contributed by atoms with E-state index in [0.717, 1.165) is 12.6 Å². The minimum atomic E-state index is 0.251. The molecule has 0 aliphatic rings. The molecule has 2 atom stereocenters. The van der Waals surface area contributed by atoms with Gasteiger partial charge in [-0.3, -0.25) is 0 Å². The zero-order valence-electron chi connectivity index (χ0n) is 9.85. The highest BCUT2D eigenvalue weighted by molar-refractivity contribution is 5.52. The van der Waals surface area contributed by atoms with Crippen LogP contribution < -0.4 is 0 Å². The molecular formula is C14H18O2. The van der Waals surface area contributed by atoms with Crippen LogP contribution in [0.15, 0.2) is 24.3 Å². The van der Waals surface area contributed by atoms with E-state index in [1.807, 2.05) is 32.0 Å². The normalized spacial score (nSPS) is 14.1. The fourth-order valence-corrected chi connectivity index (χ4v) is 1.73. The van der Waals surface area contributed by atoms with E-state index in [2.05, 4.69) is 6.07 Å². The van der Waals surface area contributed by atoms with Crippen LogP contribution in [0.4, 0.5) is 0 Å². The van der Waals surface area contributed by atoms with Crippen LogP contribution in [0.25, 0.3) is 0 Å². The molecule has 1 aromatic rings. The summed E-state index contributed by atoms with van der Waals surface area (Å²) in [6.07, 6.45) is 3.00. The third-order valence-corrected chi connectivity index (χ3v) is 2.95. The Balaban J connectivity index is 2.85. The second-order valence-corrected chi connectivity index (χ2v) is 4.28. The first-order valence-electron chi connectivity index (χ1n) is 5.66. The Morgan fingerprint density at radius 3 is 1.81 bits per heavy atom. The van der Waals surface area contributed by atoms with Crippen LogP contribution in [0.5, 0.6) is 0 Å². The van der Waals surface area contributed by atoms with Gasteiger partial charge < -0.3 is 9.59 Å². The lowest BCUT2D eigenvalue weighted by Crippen LogP contribution is -1.99. The van der Waals surface area contributed by atoms with Gasteiger partial charge in [0.25, 0.3) is 0 Å². The predicted octanol–water partition coefficient (Wildman–Crippen LogP) is 3.07. The van der Waals surface area contributed by atoms with Crippen molar-refractivity contribution in [1.82, 2.24) is 0 Å². The van der Waals surface area contributed by atoms with Crippen molar-refractivity contribution in [2.24, 2.45) is 0 Å². The van der Waals surface area contributed by atoms with Gasteiger partial charge in [-0.2, -0.15) is 0 Å². The zero-order valence-corrected chi connectivity index (χ0v) is 9.85. The van der Waals surface area contributed by atoms with E-state index >= 15 is 0 Å². The number of rotatable bonds is 6. The molecule has 0 spiro atoms. The van der Waals surface area contributed by atoms with Crippen LogP contribution >= 0.6 is 0 Å². The van der Waals surface area contributed by atoms with Crippen LogP contribution in [0, 0.1) is 0 Å². The molecule has 0 saturated carbocycles. The van der Waals surface area contributed by atoms with Crippen LogP contribution in [-0.4, -0.2) is 12.6 Å². The highest BCUT2D eigenvalue weighted by atomic mass is 16.1. The van der Waals surface area contributed by atoms with Crippen LogP contribution in [0.1, 0.15) is 49.7 Å². The standard InChI is InChI=1S/C14H18O2/c1-11(6-8-15)13-4-3-5-14(10-13)12(2)7-9-16/h3-5,8-12H,6-7H2,1-2H3. The van der Waals surface area contributed by atoms with Crippen molar-refractivity contribution >= 4 is 12.6 Å². The summed E-state index contributed by atoms with van der Waals surface area (Å²) in [4.78, 5) is 20.9. The molecule has 16 heavy (non-hydrogen) atoms. The van der Waals surface area contributed by atoms with Gasteiger partial charge in [-0.1, -0.05) is 38.1 Å². The van der Waals surface area contributed by atoms with E-state index in [9.17, 15) is 9.59 Å². The molecule has 0 heterocycles. The van der Waals surface area contributed by atoms with Gasteiger partial charge in [0.2, 0.25) is 0 Å². The highest BCUT2D eigenvalue weighted by Gasteiger charge is 2.09. The third kappa shape index (κ3) is 3.30. The van der Waals surface area contributed by atoms with E-state index < -0.39 is 0 Å². The Morgan fingerprint density at radius 2 is 1.44 bits per heavy atom. The van der Waals surface area contributed by atoms with Crippen LogP contribution in [-0.2, 0) is 9.59 Å². The Hall–Kier alpha value is -1.44. The molecule has 0 aliphatic carbocycles. The summed E-state index contributed by atoms with van der Waals surface area (Å²) in [5.41, 5.74) is 2.34. The van der Waals surface area contributed by atoms with Gasteiger partial charge in [-0.25, -0.2) is 0 Å². The van der Waals surface area contributed by atoms with Gasteiger partial charge in [0.1, 0.15) is 12.6 Å². The van der Waals surface area contributed by atoms with E-state index in [1.54, 1.807) is 0 Å². The molecule has 0 amide bonds. The molecule has 86 valence electrons.